The van der Waals surface area contributed by atoms with Crippen LogP contribution in [0.5, 0.6) is 0 Å². The van der Waals surface area contributed by atoms with Crippen LogP contribution in [0, 0.1) is 0 Å². The number of hydrogen-bond donors (Lipinski definition) is 3. The Morgan fingerprint density at radius 3 is 2.07 bits per heavy atom. The molecule has 6 nitrogen and oxygen atoms in total. The van der Waals surface area contributed by atoms with Gasteiger partial charge in [0, 0.05) is 32.7 Å². The molecule has 0 saturated carbocycles. The fraction of sp³-hybridized carbons (Fsp3) is 1.00. The second-order valence-electron chi connectivity index (χ2n) is 3.62. The molecule has 3 N–H and O–H groups in total. The van der Waals surface area contributed by atoms with E-state index in [0.717, 1.165) is 32.7 Å². The van der Waals surface area contributed by atoms with Crippen molar-refractivity contribution < 1.29 is 19.2 Å². The summed E-state index contributed by atoms with van der Waals surface area (Å²) in [5.74, 6) is 0. The van der Waals surface area contributed by atoms with Crippen LogP contribution in [0.4, 0.5) is 0 Å². The first-order valence-corrected chi connectivity index (χ1v) is 6.74. The van der Waals surface area contributed by atoms with E-state index in [4.69, 9.17) is 14.7 Å². The van der Waals surface area contributed by atoms with E-state index in [0.29, 0.717) is 6.54 Å². The maximum Gasteiger partial charge on any atom is 0.567 e. The minimum Gasteiger partial charge on any atom is -0.301 e. The molecule has 1 saturated heterocycles. The predicted octanol–water partition coefficient (Wildman–Crippen LogP) is -0.705. The largest absolute Gasteiger partial charge is 0.567 e. The minimum atomic E-state index is -4.04. The highest BCUT2D eigenvalue weighted by atomic mass is 31.2. The third-order valence-electron chi connectivity index (χ3n) is 2.58. The van der Waals surface area contributed by atoms with E-state index in [1.54, 1.807) is 0 Å². The average Bonchev–Trinajstić information content (AvgIpc) is 2.17. The molecule has 0 atom stereocenters. The Morgan fingerprint density at radius 1 is 1.07 bits per heavy atom. The predicted molar refractivity (Wildman–Crippen MR) is 58.1 cm³/mol. The number of likely N-dealkylation sites (N-methyl/N-ethyl adjacent to an activating group) is 1. The molecule has 0 unspecified atom stereocenters. The lowest BCUT2D eigenvalue weighted by atomic mass is 10.3. The summed E-state index contributed by atoms with van der Waals surface area (Å²) < 4.78 is 4.51. The first-order chi connectivity index (χ1) is 7.01. The summed E-state index contributed by atoms with van der Waals surface area (Å²) in [6, 6.07) is 0. The SMILES string of the molecule is CCN1CCN(CCO[P+](O)(O)O)CC1. The summed E-state index contributed by atoms with van der Waals surface area (Å²) >= 11 is 0. The van der Waals surface area contributed by atoms with Crippen LogP contribution in [0.15, 0.2) is 0 Å². The Morgan fingerprint density at radius 2 is 1.60 bits per heavy atom. The van der Waals surface area contributed by atoms with Crippen molar-refractivity contribution in [2.75, 3.05) is 45.9 Å². The maximum absolute atomic E-state index is 8.60. The fourth-order valence-corrected chi connectivity index (χ4v) is 1.95. The van der Waals surface area contributed by atoms with Gasteiger partial charge in [-0.3, -0.25) is 4.90 Å². The van der Waals surface area contributed by atoms with Crippen LogP contribution in [-0.4, -0.2) is 70.4 Å². The molecule has 0 bridgehead atoms. The lowest BCUT2D eigenvalue weighted by Crippen LogP contribution is -2.46. The zero-order chi connectivity index (χ0) is 11.3. The minimum absolute atomic E-state index is 0.156. The summed E-state index contributed by atoms with van der Waals surface area (Å²) in [4.78, 5) is 30.3. The van der Waals surface area contributed by atoms with Crippen molar-refractivity contribution in [1.82, 2.24) is 9.80 Å². The molecule has 90 valence electrons. The third kappa shape index (κ3) is 5.73. The third-order valence-corrected chi connectivity index (χ3v) is 3.11. The summed E-state index contributed by atoms with van der Waals surface area (Å²) in [5, 5.41) is 0. The number of hydrogen-bond acceptors (Lipinski definition) is 6. The first-order valence-electron chi connectivity index (χ1n) is 5.18. The van der Waals surface area contributed by atoms with Crippen molar-refractivity contribution in [1.29, 1.82) is 0 Å². The number of rotatable bonds is 5. The van der Waals surface area contributed by atoms with Gasteiger partial charge in [-0.2, -0.15) is 19.2 Å². The van der Waals surface area contributed by atoms with Crippen molar-refractivity contribution in [2.45, 2.75) is 6.92 Å². The highest BCUT2D eigenvalue weighted by Crippen LogP contribution is 2.45. The van der Waals surface area contributed by atoms with E-state index in [1.807, 2.05) is 0 Å². The monoisotopic (exact) mass is 239 g/mol. The molecule has 1 aliphatic heterocycles. The Balaban J connectivity index is 2.09. The van der Waals surface area contributed by atoms with Gasteiger partial charge in [-0.25, -0.2) is 0 Å². The van der Waals surface area contributed by atoms with Gasteiger partial charge in [0.25, 0.3) is 0 Å². The summed E-state index contributed by atoms with van der Waals surface area (Å²) in [5.41, 5.74) is 0. The van der Waals surface area contributed by atoms with Gasteiger partial charge in [0.2, 0.25) is 0 Å². The molecular formula is C8H20N2O4P+. The molecule has 0 spiro atoms. The van der Waals surface area contributed by atoms with Crippen LogP contribution < -0.4 is 0 Å². The lowest BCUT2D eigenvalue weighted by molar-refractivity contribution is 0.101. The van der Waals surface area contributed by atoms with Crippen LogP contribution in [0.2, 0.25) is 0 Å². The van der Waals surface area contributed by atoms with E-state index < -0.39 is 8.17 Å². The zero-order valence-corrected chi connectivity index (χ0v) is 9.94. The Hall–Kier alpha value is 0.190. The van der Waals surface area contributed by atoms with Gasteiger partial charge in [-0.1, -0.05) is 6.92 Å². The molecule has 0 aromatic heterocycles. The maximum atomic E-state index is 8.60. The topological polar surface area (TPSA) is 76.4 Å². The molecule has 0 aromatic rings. The molecule has 1 fully saturated rings. The standard InChI is InChI=1S/C8H20N2O4P/c1-2-9-3-5-10(6-4-9)7-8-14-15(11,12)13/h11-13H,2-8H2,1H3/q+1. The molecule has 0 aliphatic carbocycles. The molecule has 7 heteroatoms. The van der Waals surface area contributed by atoms with Gasteiger partial charge in [0.1, 0.15) is 6.61 Å². The van der Waals surface area contributed by atoms with Gasteiger partial charge in [-0.15, -0.1) is 0 Å². The van der Waals surface area contributed by atoms with Gasteiger partial charge in [0.05, 0.1) is 0 Å². The summed E-state index contributed by atoms with van der Waals surface area (Å²) in [6.45, 7) is 7.99. The Kier molecular flexibility index (Phi) is 5.35. The van der Waals surface area contributed by atoms with Gasteiger partial charge in [0.15, 0.2) is 0 Å². The van der Waals surface area contributed by atoms with Crippen LogP contribution in [0.25, 0.3) is 0 Å². The van der Waals surface area contributed by atoms with E-state index in [9.17, 15) is 0 Å². The molecule has 1 heterocycles. The quantitative estimate of drug-likeness (QED) is 0.550. The van der Waals surface area contributed by atoms with Crippen molar-refractivity contribution in [2.24, 2.45) is 0 Å². The van der Waals surface area contributed by atoms with Crippen LogP contribution in [0.1, 0.15) is 6.92 Å². The Labute approximate surface area is 90.7 Å². The molecule has 1 aliphatic rings. The first kappa shape index (κ1) is 13.3. The molecule has 0 radical (unpaired) electrons. The normalized spacial score (nSPS) is 20.8. The highest BCUT2D eigenvalue weighted by Gasteiger charge is 2.32. The van der Waals surface area contributed by atoms with E-state index in [1.165, 1.54) is 0 Å². The molecule has 1 rings (SSSR count). The van der Waals surface area contributed by atoms with E-state index in [-0.39, 0.29) is 6.61 Å². The molecule has 0 aromatic carbocycles. The Bertz CT molecular complexity index is 180. The van der Waals surface area contributed by atoms with E-state index >= 15 is 0 Å². The van der Waals surface area contributed by atoms with Crippen molar-refractivity contribution in [3.05, 3.63) is 0 Å². The second-order valence-corrected chi connectivity index (χ2v) is 4.91. The number of piperazine rings is 1. The van der Waals surface area contributed by atoms with Crippen LogP contribution in [0.3, 0.4) is 0 Å². The smallest absolute Gasteiger partial charge is 0.301 e. The number of nitrogens with zero attached hydrogens (tertiary/aromatic N) is 2. The lowest BCUT2D eigenvalue weighted by Gasteiger charge is -2.33. The van der Waals surface area contributed by atoms with E-state index in [2.05, 4.69) is 21.2 Å². The van der Waals surface area contributed by atoms with Gasteiger partial charge in [-0.05, 0) is 6.54 Å². The molecular weight excluding hydrogens is 219 g/mol. The van der Waals surface area contributed by atoms with Crippen molar-refractivity contribution in [3.8, 4) is 0 Å². The summed E-state index contributed by atoms with van der Waals surface area (Å²) in [6.07, 6.45) is 0. The van der Waals surface area contributed by atoms with Crippen LogP contribution in [-0.2, 0) is 4.52 Å². The van der Waals surface area contributed by atoms with Gasteiger partial charge < -0.3 is 4.90 Å². The van der Waals surface area contributed by atoms with Gasteiger partial charge >= 0.3 is 8.17 Å². The average molecular weight is 239 g/mol. The molecule has 15 heavy (non-hydrogen) atoms. The van der Waals surface area contributed by atoms with Crippen molar-refractivity contribution in [3.63, 3.8) is 0 Å². The molecule has 0 amide bonds. The van der Waals surface area contributed by atoms with Crippen LogP contribution >= 0.6 is 8.17 Å². The van der Waals surface area contributed by atoms with Crippen molar-refractivity contribution >= 4 is 8.17 Å². The zero-order valence-electron chi connectivity index (χ0n) is 9.04. The summed E-state index contributed by atoms with van der Waals surface area (Å²) in [7, 11) is -4.04. The highest BCUT2D eigenvalue weighted by molar-refractivity contribution is 7.53. The fourth-order valence-electron chi connectivity index (χ4n) is 1.62. The second kappa shape index (κ2) is 6.06.